The highest BCUT2D eigenvalue weighted by Gasteiger charge is 2.24. The van der Waals surface area contributed by atoms with Crippen LogP contribution in [0.4, 0.5) is 0 Å². The number of hydrogen-bond acceptors (Lipinski definition) is 4. The lowest BCUT2D eigenvalue weighted by molar-refractivity contribution is -0.136. The van der Waals surface area contributed by atoms with Crippen LogP contribution in [0.3, 0.4) is 0 Å². The molecule has 0 unspecified atom stereocenters. The van der Waals surface area contributed by atoms with E-state index in [1.807, 2.05) is 49.4 Å². The van der Waals surface area contributed by atoms with Gasteiger partial charge in [0.15, 0.2) is 0 Å². The first kappa shape index (κ1) is 17.7. The second-order valence-corrected chi connectivity index (χ2v) is 8.05. The van der Waals surface area contributed by atoms with Crippen molar-refractivity contribution in [3.63, 3.8) is 0 Å². The molecule has 1 N–H and O–H groups in total. The molecule has 1 aliphatic heterocycles. The quantitative estimate of drug-likeness (QED) is 0.911. The molecular formula is C18H24N4O2S. The molecule has 0 spiro atoms. The lowest BCUT2D eigenvalue weighted by Gasteiger charge is -2.29. The summed E-state index contributed by atoms with van der Waals surface area (Å²) in [5, 5.41) is 7.48. The van der Waals surface area contributed by atoms with E-state index in [9.17, 15) is 9.59 Å². The highest BCUT2D eigenvalue weighted by Crippen LogP contribution is 2.20. The number of fused-ring (bicyclic) bond motifs is 1. The van der Waals surface area contributed by atoms with Crippen LogP contribution in [0, 0.1) is 19.8 Å². The number of nitrogens with zero attached hydrogens (tertiary/aromatic N) is 3. The van der Waals surface area contributed by atoms with Crippen LogP contribution < -0.4 is 5.32 Å². The van der Waals surface area contributed by atoms with Gasteiger partial charge in [-0.05, 0) is 31.5 Å². The molecule has 2 aromatic heterocycles. The monoisotopic (exact) mass is 360 g/mol. The topological polar surface area (TPSA) is 67.2 Å². The van der Waals surface area contributed by atoms with E-state index < -0.39 is 0 Å². The molecule has 0 bridgehead atoms. The lowest BCUT2D eigenvalue weighted by Crippen LogP contribution is -2.40. The number of aromatic nitrogens is 2. The van der Waals surface area contributed by atoms with Gasteiger partial charge in [0, 0.05) is 17.3 Å². The summed E-state index contributed by atoms with van der Waals surface area (Å²) >= 11 is 1.51. The normalized spacial score (nSPS) is 13.9. The van der Waals surface area contributed by atoms with Crippen LogP contribution in [-0.4, -0.2) is 33.0 Å². The summed E-state index contributed by atoms with van der Waals surface area (Å²) in [6.07, 6.45) is 0. The molecule has 2 amide bonds. The third kappa shape index (κ3) is 3.76. The van der Waals surface area contributed by atoms with E-state index in [4.69, 9.17) is 0 Å². The van der Waals surface area contributed by atoms with Crippen LogP contribution in [0.25, 0.3) is 0 Å². The van der Waals surface area contributed by atoms with Crippen LogP contribution in [0.15, 0.2) is 12.1 Å². The first-order valence-corrected chi connectivity index (χ1v) is 9.36. The molecule has 0 aliphatic carbocycles. The van der Waals surface area contributed by atoms with E-state index in [0.717, 1.165) is 26.7 Å². The fourth-order valence-corrected chi connectivity index (χ4v) is 3.86. The molecule has 0 saturated heterocycles. The van der Waals surface area contributed by atoms with Crippen molar-refractivity contribution in [1.82, 2.24) is 20.0 Å². The highest BCUT2D eigenvalue weighted by atomic mass is 32.1. The Bertz CT molecular complexity index is 787. The molecule has 3 heterocycles. The summed E-state index contributed by atoms with van der Waals surface area (Å²) in [5.74, 6) is 0.112. The van der Waals surface area contributed by atoms with Gasteiger partial charge in [0.05, 0.1) is 35.9 Å². The Morgan fingerprint density at radius 2 is 2.04 bits per heavy atom. The maximum Gasteiger partial charge on any atom is 0.261 e. The highest BCUT2D eigenvalue weighted by molar-refractivity contribution is 7.14. The standard InChI is InChI=1S/C18H24N4O2S/c1-11(2)18(24)21-5-6-22-15(10-21)8-14(20-22)9-19-17(23)16-7-12(3)13(4)25-16/h7-8,11H,5-6,9-10H2,1-4H3,(H,19,23). The number of amides is 2. The largest absolute Gasteiger partial charge is 0.346 e. The van der Waals surface area contributed by atoms with Crippen LogP contribution in [0.2, 0.25) is 0 Å². The molecule has 0 aromatic carbocycles. The summed E-state index contributed by atoms with van der Waals surface area (Å²) < 4.78 is 1.94. The van der Waals surface area contributed by atoms with Crippen molar-refractivity contribution in [3.8, 4) is 0 Å². The molecule has 0 radical (unpaired) electrons. The fourth-order valence-electron chi connectivity index (χ4n) is 2.91. The second-order valence-electron chi connectivity index (χ2n) is 6.80. The molecule has 0 fully saturated rings. The SMILES string of the molecule is Cc1cc(C(=O)NCc2cc3n(n2)CCN(C(=O)C(C)C)C3)sc1C. The van der Waals surface area contributed by atoms with Crippen molar-refractivity contribution in [1.29, 1.82) is 0 Å². The Hall–Kier alpha value is -2.15. The minimum atomic E-state index is -0.0659. The predicted molar refractivity (Wildman–Crippen MR) is 97.4 cm³/mol. The zero-order chi connectivity index (χ0) is 18.1. The molecule has 0 saturated carbocycles. The van der Waals surface area contributed by atoms with Crippen molar-refractivity contribution >= 4 is 23.2 Å². The van der Waals surface area contributed by atoms with Crippen molar-refractivity contribution in [3.05, 3.63) is 38.8 Å². The molecule has 1 aliphatic rings. The smallest absolute Gasteiger partial charge is 0.261 e. The van der Waals surface area contributed by atoms with Crippen LogP contribution in [-0.2, 0) is 24.4 Å². The number of carbonyl (C=O) groups excluding carboxylic acids is 2. The number of hydrogen-bond donors (Lipinski definition) is 1. The molecule has 134 valence electrons. The number of aryl methyl sites for hydroxylation is 2. The van der Waals surface area contributed by atoms with E-state index in [1.165, 1.54) is 11.3 Å². The van der Waals surface area contributed by atoms with E-state index in [0.29, 0.717) is 26.2 Å². The van der Waals surface area contributed by atoms with Crippen LogP contribution in [0.1, 0.15) is 45.3 Å². The van der Waals surface area contributed by atoms with E-state index in [2.05, 4.69) is 10.4 Å². The van der Waals surface area contributed by atoms with Gasteiger partial charge in [-0.2, -0.15) is 5.10 Å². The first-order chi connectivity index (χ1) is 11.8. The Morgan fingerprint density at radius 3 is 2.68 bits per heavy atom. The second kappa shape index (κ2) is 7.00. The average molecular weight is 360 g/mol. The molecule has 6 nitrogen and oxygen atoms in total. The number of nitrogens with one attached hydrogen (secondary N) is 1. The molecular weight excluding hydrogens is 336 g/mol. The van der Waals surface area contributed by atoms with Gasteiger partial charge in [0.1, 0.15) is 0 Å². The van der Waals surface area contributed by atoms with Crippen molar-refractivity contribution in [2.75, 3.05) is 6.54 Å². The minimum Gasteiger partial charge on any atom is -0.346 e. The van der Waals surface area contributed by atoms with Crippen LogP contribution in [0.5, 0.6) is 0 Å². The molecule has 0 atom stereocenters. The van der Waals surface area contributed by atoms with E-state index >= 15 is 0 Å². The van der Waals surface area contributed by atoms with Crippen molar-refractivity contribution < 1.29 is 9.59 Å². The predicted octanol–water partition coefficient (Wildman–Crippen LogP) is 2.49. The van der Waals surface area contributed by atoms with Gasteiger partial charge in [0.25, 0.3) is 5.91 Å². The first-order valence-electron chi connectivity index (χ1n) is 8.54. The summed E-state index contributed by atoms with van der Waals surface area (Å²) in [6.45, 7) is 10.2. The van der Waals surface area contributed by atoms with Gasteiger partial charge in [-0.25, -0.2) is 0 Å². The minimum absolute atomic E-state index is 0.00550. The van der Waals surface area contributed by atoms with E-state index in [-0.39, 0.29) is 17.7 Å². The van der Waals surface area contributed by atoms with Gasteiger partial charge < -0.3 is 10.2 Å². The Balaban J connectivity index is 1.62. The Morgan fingerprint density at radius 1 is 1.28 bits per heavy atom. The number of rotatable bonds is 4. The molecule has 7 heteroatoms. The number of thiophene rings is 1. The van der Waals surface area contributed by atoms with Crippen molar-refractivity contribution in [2.45, 2.75) is 47.3 Å². The summed E-state index contributed by atoms with van der Waals surface area (Å²) in [4.78, 5) is 28.2. The third-order valence-electron chi connectivity index (χ3n) is 4.47. The molecule has 3 rings (SSSR count). The zero-order valence-corrected chi connectivity index (χ0v) is 15.9. The van der Waals surface area contributed by atoms with Crippen molar-refractivity contribution in [2.24, 2.45) is 5.92 Å². The maximum absolute atomic E-state index is 12.3. The summed E-state index contributed by atoms with van der Waals surface area (Å²) in [7, 11) is 0. The zero-order valence-electron chi connectivity index (χ0n) is 15.1. The number of carbonyl (C=O) groups is 2. The molecule has 25 heavy (non-hydrogen) atoms. The summed E-state index contributed by atoms with van der Waals surface area (Å²) in [6, 6.07) is 3.90. The average Bonchev–Trinajstić information content (AvgIpc) is 3.14. The van der Waals surface area contributed by atoms with Gasteiger partial charge >= 0.3 is 0 Å². The maximum atomic E-state index is 12.3. The summed E-state index contributed by atoms with van der Waals surface area (Å²) in [5.41, 5.74) is 2.99. The third-order valence-corrected chi connectivity index (χ3v) is 5.63. The Kier molecular flexibility index (Phi) is 4.94. The Labute approximate surface area is 151 Å². The molecule has 2 aromatic rings. The van der Waals surface area contributed by atoms with Gasteiger partial charge in [-0.1, -0.05) is 13.8 Å². The van der Waals surface area contributed by atoms with E-state index in [1.54, 1.807) is 0 Å². The van der Waals surface area contributed by atoms with Gasteiger partial charge in [0.2, 0.25) is 5.91 Å². The van der Waals surface area contributed by atoms with Crippen LogP contribution >= 0.6 is 11.3 Å². The van der Waals surface area contributed by atoms with Gasteiger partial charge in [-0.3, -0.25) is 14.3 Å². The fraction of sp³-hybridized carbons (Fsp3) is 0.500. The van der Waals surface area contributed by atoms with Gasteiger partial charge in [-0.15, -0.1) is 11.3 Å². The lowest BCUT2D eigenvalue weighted by atomic mass is 10.1.